The molecule has 0 aliphatic carbocycles. The normalized spacial score (nSPS) is 12.1. The summed E-state index contributed by atoms with van der Waals surface area (Å²) in [6.07, 6.45) is 3.82. The number of para-hydroxylation sites is 1. The molecule has 0 saturated heterocycles. The number of hydrogen-bond acceptors (Lipinski definition) is 6. The number of halogens is 2. The van der Waals surface area contributed by atoms with Crippen molar-refractivity contribution in [1.29, 1.82) is 0 Å². The van der Waals surface area contributed by atoms with E-state index in [1.807, 2.05) is 85.4 Å². The van der Waals surface area contributed by atoms with Crippen molar-refractivity contribution >= 4 is 45.6 Å². The lowest BCUT2D eigenvalue weighted by Crippen LogP contribution is -2.23. The maximum atomic E-state index is 13.3. The van der Waals surface area contributed by atoms with Gasteiger partial charge in [-0.2, -0.15) is 14.6 Å². The summed E-state index contributed by atoms with van der Waals surface area (Å²) in [5.41, 5.74) is 3.68. The predicted octanol–water partition coefficient (Wildman–Crippen LogP) is 6.31. The van der Waals surface area contributed by atoms with Crippen LogP contribution in [0.1, 0.15) is 19.4 Å². The Kier molecular flexibility index (Phi) is 6.68. The van der Waals surface area contributed by atoms with Gasteiger partial charge in [0.25, 0.3) is 5.56 Å². The molecule has 0 unspecified atom stereocenters. The SMILES string of the molecule is CC(C)Oc1ccc(-c2nn(-c3ccccc3)cc2/C=c2/sc3nc(-c4ccc(Cl)cc4Cl)nn3c2=O)cc1. The minimum atomic E-state index is -0.266. The number of aromatic nitrogens is 5. The Morgan fingerprint density at radius 1 is 0.974 bits per heavy atom. The van der Waals surface area contributed by atoms with E-state index < -0.39 is 0 Å². The molecule has 0 spiro atoms. The third-order valence-electron chi connectivity index (χ3n) is 5.90. The lowest BCUT2D eigenvalue weighted by Gasteiger charge is -2.09. The molecule has 7 nitrogen and oxygen atoms in total. The maximum Gasteiger partial charge on any atom is 0.291 e. The Morgan fingerprint density at radius 2 is 1.74 bits per heavy atom. The summed E-state index contributed by atoms with van der Waals surface area (Å²) in [6.45, 7) is 3.98. The molecular weight excluding hydrogens is 553 g/mol. The minimum absolute atomic E-state index is 0.0788. The molecule has 3 aromatic carbocycles. The van der Waals surface area contributed by atoms with Gasteiger partial charge in [0.2, 0.25) is 4.96 Å². The zero-order chi connectivity index (χ0) is 27.1. The summed E-state index contributed by atoms with van der Waals surface area (Å²) in [4.78, 5) is 18.4. The molecule has 194 valence electrons. The van der Waals surface area contributed by atoms with Crippen molar-refractivity contribution in [3.05, 3.63) is 109 Å². The smallest absolute Gasteiger partial charge is 0.291 e. The minimum Gasteiger partial charge on any atom is -0.491 e. The second-order valence-electron chi connectivity index (χ2n) is 9.07. The summed E-state index contributed by atoms with van der Waals surface area (Å²) in [6, 6.07) is 22.7. The van der Waals surface area contributed by atoms with Crippen LogP contribution >= 0.6 is 34.5 Å². The molecule has 0 radical (unpaired) electrons. The van der Waals surface area contributed by atoms with Crippen molar-refractivity contribution in [2.45, 2.75) is 20.0 Å². The first-order valence-corrected chi connectivity index (χ1v) is 13.7. The van der Waals surface area contributed by atoms with E-state index in [0.717, 1.165) is 28.3 Å². The molecule has 0 atom stereocenters. The quantitative estimate of drug-likeness (QED) is 0.233. The molecule has 39 heavy (non-hydrogen) atoms. The fourth-order valence-corrected chi connectivity index (χ4v) is 5.55. The number of thiazole rings is 1. The van der Waals surface area contributed by atoms with Gasteiger partial charge in [0.15, 0.2) is 5.82 Å². The molecule has 0 saturated carbocycles. The van der Waals surface area contributed by atoms with E-state index in [1.165, 1.54) is 15.9 Å². The van der Waals surface area contributed by atoms with Crippen LogP contribution < -0.4 is 14.8 Å². The molecule has 6 rings (SSSR count). The van der Waals surface area contributed by atoms with E-state index in [4.69, 9.17) is 33.0 Å². The van der Waals surface area contributed by atoms with Gasteiger partial charge in [-0.3, -0.25) is 4.79 Å². The van der Waals surface area contributed by atoms with Crippen LogP contribution in [0.5, 0.6) is 5.75 Å². The molecule has 0 N–H and O–H groups in total. The van der Waals surface area contributed by atoms with Crippen LogP contribution in [-0.2, 0) is 0 Å². The van der Waals surface area contributed by atoms with Crippen LogP contribution in [0.3, 0.4) is 0 Å². The van der Waals surface area contributed by atoms with Gasteiger partial charge >= 0.3 is 0 Å². The van der Waals surface area contributed by atoms with E-state index in [0.29, 0.717) is 30.9 Å². The average Bonchev–Trinajstić information content (AvgIpc) is 3.60. The van der Waals surface area contributed by atoms with Gasteiger partial charge in [-0.25, -0.2) is 4.68 Å². The van der Waals surface area contributed by atoms with E-state index in [-0.39, 0.29) is 11.7 Å². The molecule has 3 heterocycles. The van der Waals surface area contributed by atoms with Crippen molar-refractivity contribution in [3.8, 4) is 34.1 Å². The molecular formula is C29H21Cl2N5O2S. The van der Waals surface area contributed by atoms with E-state index in [1.54, 1.807) is 18.2 Å². The summed E-state index contributed by atoms with van der Waals surface area (Å²) in [5, 5.41) is 10.2. The second-order valence-corrected chi connectivity index (χ2v) is 10.9. The van der Waals surface area contributed by atoms with Crippen molar-refractivity contribution in [2.75, 3.05) is 0 Å². The number of nitrogens with zero attached hydrogens (tertiary/aromatic N) is 5. The monoisotopic (exact) mass is 573 g/mol. The topological polar surface area (TPSA) is 74.3 Å². The van der Waals surface area contributed by atoms with Crippen LogP contribution in [0, 0.1) is 0 Å². The van der Waals surface area contributed by atoms with Gasteiger partial charge in [0, 0.05) is 27.9 Å². The van der Waals surface area contributed by atoms with Crippen LogP contribution in [0.15, 0.2) is 83.8 Å². The van der Waals surface area contributed by atoms with E-state index in [2.05, 4.69) is 10.1 Å². The summed E-state index contributed by atoms with van der Waals surface area (Å²) < 4.78 is 9.40. The predicted molar refractivity (Wildman–Crippen MR) is 156 cm³/mol. The number of rotatable bonds is 6. The van der Waals surface area contributed by atoms with Crippen LogP contribution in [0.4, 0.5) is 0 Å². The number of hydrogen-bond donors (Lipinski definition) is 0. The summed E-state index contributed by atoms with van der Waals surface area (Å²) >= 11 is 13.6. The Bertz CT molecular complexity index is 1910. The zero-order valence-corrected chi connectivity index (χ0v) is 23.2. The second kappa shape index (κ2) is 10.3. The molecule has 0 aliphatic rings. The number of ether oxygens (including phenoxy) is 1. The average molecular weight is 574 g/mol. The van der Waals surface area contributed by atoms with Gasteiger partial charge in [-0.1, -0.05) is 52.7 Å². The lowest BCUT2D eigenvalue weighted by atomic mass is 10.1. The Balaban J connectivity index is 1.45. The van der Waals surface area contributed by atoms with Crippen LogP contribution in [0.2, 0.25) is 10.0 Å². The third-order valence-corrected chi connectivity index (χ3v) is 7.41. The molecule has 6 aromatic rings. The van der Waals surface area contributed by atoms with Crippen LogP contribution in [0.25, 0.3) is 39.4 Å². The number of benzene rings is 3. The van der Waals surface area contributed by atoms with E-state index in [9.17, 15) is 4.79 Å². The largest absolute Gasteiger partial charge is 0.491 e. The molecule has 0 amide bonds. The maximum absolute atomic E-state index is 13.3. The highest BCUT2D eigenvalue weighted by molar-refractivity contribution is 7.15. The number of fused-ring (bicyclic) bond motifs is 1. The van der Waals surface area contributed by atoms with Crippen LogP contribution in [-0.4, -0.2) is 30.5 Å². The van der Waals surface area contributed by atoms with Crippen molar-refractivity contribution in [3.63, 3.8) is 0 Å². The first-order valence-electron chi connectivity index (χ1n) is 12.1. The first kappa shape index (κ1) is 25.3. The van der Waals surface area contributed by atoms with Gasteiger partial charge in [-0.05, 0) is 74.5 Å². The summed E-state index contributed by atoms with van der Waals surface area (Å²) in [5.74, 6) is 1.15. The first-order chi connectivity index (χ1) is 18.9. The van der Waals surface area contributed by atoms with Crippen molar-refractivity contribution < 1.29 is 4.74 Å². The van der Waals surface area contributed by atoms with E-state index >= 15 is 0 Å². The van der Waals surface area contributed by atoms with Gasteiger partial charge < -0.3 is 4.74 Å². The Hall–Kier alpha value is -3.98. The molecule has 10 heteroatoms. The fraction of sp³-hybridized carbons (Fsp3) is 0.103. The van der Waals surface area contributed by atoms with Gasteiger partial charge in [-0.15, -0.1) is 5.10 Å². The highest BCUT2D eigenvalue weighted by Gasteiger charge is 2.16. The van der Waals surface area contributed by atoms with Gasteiger partial charge in [0.1, 0.15) is 11.4 Å². The Morgan fingerprint density at radius 3 is 2.44 bits per heavy atom. The van der Waals surface area contributed by atoms with Crippen molar-refractivity contribution in [1.82, 2.24) is 24.4 Å². The van der Waals surface area contributed by atoms with Gasteiger partial charge in [0.05, 0.1) is 21.3 Å². The Labute approximate surface area is 237 Å². The third kappa shape index (κ3) is 5.06. The standard InChI is InChI=1S/C29H21Cl2N5O2S/c1-17(2)38-22-11-8-18(9-12-22)26-19(16-35(33-26)21-6-4-3-5-7-21)14-25-28(37)36-29(39-25)32-27(34-36)23-13-10-20(30)15-24(23)31/h3-17H,1-2H3/b25-14+. The highest BCUT2D eigenvalue weighted by Crippen LogP contribution is 2.29. The summed E-state index contributed by atoms with van der Waals surface area (Å²) in [7, 11) is 0. The van der Waals surface area contributed by atoms with Crippen molar-refractivity contribution in [2.24, 2.45) is 0 Å². The molecule has 0 aliphatic heterocycles. The molecule has 3 aromatic heterocycles. The molecule has 0 bridgehead atoms. The highest BCUT2D eigenvalue weighted by atomic mass is 35.5. The fourth-order valence-electron chi connectivity index (χ4n) is 4.15. The zero-order valence-electron chi connectivity index (χ0n) is 20.9. The molecule has 0 fully saturated rings. The lowest BCUT2D eigenvalue weighted by molar-refractivity contribution is 0.242.